The van der Waals surface area contributed by atoms with E-state index in [9.17, 15) is 0 Å². The molecule has 18 heavy (non-hydrogen) atoms. The number of nitrogens with one attached hydrogen (secondary N) is 1. The largest absolute Gasteiger partial charge is 0.313 e. The lowest BCUT2D eigenvalue weighted by Gasteiger charge is -2.12. The Kier molecular flexibility index (Phi) is 4.48. The zero-order valence-electron chi connectivity index (χ0n) is 11.1. The molecule has 0 saturated heterocycles. The van der Waals surface area contributed by atoms with Crippen molar-refractivity contribution in [3.05, 3.63) is 53.9 Å². The van der Waals surface area contributed by atoms with Crippen LogP contribution in [-0.4, -0.2) is 11.5 Å². The minimum atomic E-state index is 0.915. The van der Waals surface area contributed by atoms with Crippen LogP contribution in [0.2, 0.25) is 0 Å². The highest BCUT2D eigenvalue weighted by molar-refractivity contribution is 5.69. The van der Waals surface area contributed by atoms with Crippen molar-refractivity contribution in [1.29, 1.82) is 0 Å². The van der Waals surface area contributed by atoms with E-state index in [-0.39, 0.29) is 0 Å². The fourth-order valence-electron chi connectivity index (χ4n) is 2.08. The number of rotatable bonds is 5. The van der Waals surface area contributed by atoms with Crippen LogP contribution in [-0.2, 0) is 6.54 Å². The highest BCUT2D eigenvalue weighted by Gasteiger charge is 2.06. The maximum absolute atomic E-state index is 4.24. The molecule has 0 saturated carbocycles. The number of hydrogen-bond acceptors (Lipinski definition) is 2. The van der Waals surface area contributed by atoms with Gasteiger partial charge in [0, 0.05) is 24.5 Å². The fourth-order valence-corrected chi connectivity index (χ4v) is 2.08. The molecule has 2 rings (SSSR count). The normalized spacial score (nSPS) is 10.6. The average Bonchev–Trinajstić information content (AvgIpc) is 2.40. The van der Waals surface area contributed by atoms with Crippen LogP contribution in [0.3, 0.4) is 0 Å². The van der Waals surface area contributed by atoms with Gasteiger partial charge in [0.15, 0.2) is 0 Å². The predicted molar refractivity (Wildman–Crippen MR) is 76.4 cm³/mol. The standard InChI is InChI=1S/C16H20N2/c1-3-9-17-11-14-6-4-5-7-15(14)16-12-18-10-8-13(16)2/h4-8,10,12,17H,3,9,11H2,1-2H3. The number of pyridine rings is 1. The maximum Gasteiger partial charge on any atom is 0.0349 e. The Morgan fingerprint density at radius 1 is 1.11 bits per heavy atom. The molecule has 0 amide bonds. The van der Waals surface area contributed by atoms with E-state index >= 15 is 0 Å². The molecule has 0 unspecified atom stereocenters. The molecule has 0 bridgehead atoms. The van der Waals surface area contributed by atoms with Gasteiger partial charge >= 0.3 is 0 Å². The van der Waals surface area contributed by atoms with Crippen molar-refractivity contribution in [3.8, 4) is 11.1 Å². The first-order valence-electron chi connectivity index (χ1n) is 6.52. The molecule has 0 aliphatic carbocycles. The number of hydrogen-bond donors (Lipinski definition) is 1. The molecule has 0 fully saturated rings. The fraction of sp³-hybridized carbons (Fsp3) is 0.312. The summed E-state index contributed by atoms with van der Waals surface area (Å²) in [5.41, 5.74) is 5.12. The van der Waals surface area contributed by atoms with Crippen molar-refractivity contribution in [2.45, 2.75) is 26.8 Å². The van der Waals surface area contributed by atoms with Crippen molar-refractivity contribution in [3.63, 3.8) is 0 Å². The van der Waals surface area contributed by atoms with Gasteiger partial charge in [-0.2, -0.15) is 0 Å². The van der Waals surface area contributed by atoms with Gasteiger partial charge in [0.1, 0.15) is 0 Å². The third-order valence-electron chi connectivity index (χ3n) is 3.09. The molecule has 2 heteroatoms. The van der Waals surface area contributed by atoms with E-state index in [0.717, 1.165) is 19.5 Å². The Morgan fingerprint density at radius 2 is 1.94 bits per heavy atom. The molecule has 0 aliphatic heterocycles. The summed E-state index contributed by atoms with van der Waals surface area (Å²) in [6.45, 7) is 6.29. The summed E-state index contributed by atoms with van der Waals surface area (Å²) in [5, 5.41) is 3.46. The van der Waals surface area contributed by atoms with Gasteiger partial charge in [-0.1, -0.05) is 31.2 Å². The van der Waals surface area contributed by atoms with Crippen LogP contribution in [0.15, 0.2) is 42.7 Å². The van der Waals surface area contributed by atoms with Crippen molar-refractivity contribution in [1.82, 2.24) is 10.3 Å². The van der Waals surface area contributed by atoms with E-state index in [1.54, 1.807) is 0 Å². The van der Waals surface area contributed by atoms with Crippen LogP contribution in [0.25, 0.3) is 11.1 Å². The zero-order valence-corrected chi connectivity index (χ0v) is 11.1. The van der Waals surface area contributed by atoms with Crippen molar-refractivity contribution < 1.29 is 0 Å². The molecule has 1 aromatic carbocycles. The van der Waals surface area contributed by atoms with Crippen molar-refractivity contribution in [2.24, 2.45) is 0 Å². The van der Waals surface area contributed by atoms with Crippen LogP contribution in [0.1, 0.15) is 24.5 Å². The van der Waals surface area contributed by atoms with Crippen molar-refractivity contribution in [2.75, 3.05) is 6.54 Å². The molecule has 2 nitrogen and oxygen atoms in total. The van der Waals surface area contributed by atoms with Crippen molar-refractivity contribution >= 4 is 0 Å². The molecular weight excluding hydrogens is 220 g/mol. The first-order chi connectivity index (χ1) is 8.83. The van der Waals surface area contributed by atoms with Gasteiger partial charge in [0.2, 0.25) is 0 Å². The van der Waals surface area contributed by atoms with Gasteiger partial charge in [-0.3, -0.25) is 4.98 Å². The first-order valence-corrected chi connectivity index (χ1v) is 6.52. The lowest BCUT2D eigenvalue weighted by molar-refractivity contribution is 0.676. The van der Waals surface area contributed by atoms with Gasteiger partial charge < -0.3 is 5.32 Å². The molecule has 1 N–H and O–H groups in total. The average molecular weight is 240 g/mol. The summed E-state index contributed by atoms with van der Waals surface area (Å²) in [5.74, 6) is 0. The number of aryl methyl sites for hydroxylation is 1. The highest BCUT2D eigenvalue weighted by Crippen LogP contribution is 2.25. The van der Waals surface area contributed by atoms with Gasteiger partial charge in [0.25, 0.3) is 0 Å². The maximum atomic E-state index is 4.24. The number of benzene rings is 1. The molecule has 1 aromatic heterocycles. The van der Waals surface area contributed by atoms with Gasteiger partial charge in [-0.15, -0.1) is 0 Å². The summed E-state index contributed by atoms with van der Waals surface area (Å²) < 4.78 is 0. The Hall–Kier alpha value is -1.67. The molecule has 0 atom stereocenters. The van der Waals surface area contributed by atoms with Crippen LogP contribution < -0.4 is 5.32 Å². The minimum Gasteiger partial charge on any atom is -0.313 e. The number of aromatic nitrogens is 1. The van der Waals surface area contributed by atoms with E-state index in [1.165, 1.54) is 22.3 Å². The summed E-state index contributed by atoms with van der Waals surface area (Å²) in [6.07, 6.45) is 4.96. The van der Waals surface area contributed by atoms with E-state index in [0.29, 0.717) is 0 Å². The van der Waals surface area contributed by atoms with Gasteiger partial charge in [0.05, 0.1) is 0 Å². The zero-order chi connectivity index (χ0) is 12.8. The molecule has 0 aliphatic rings. The predicted octanol–water partition coefficient (Wildman–Crippen LogP) is 3.56. The molecule has 1 heterocycles. The topological polar surface area (TPSA) is 24.9 Å². The lowest BCUT2D eigenvalue weighted by atomic mass is 9.98. The van der Waals surface area contributed by atoms with Gasteiger partial charge in [-0.25, -0.2) is 0 Å². The summed E-state index contributed by atoms with van der Waals surface area (Å²) in [4.78, 5) is 4.24. The summed E-state index contributed by atoms with van der Waals surface area (Å²) in [7, 11) is 0. The van der Waals surface area contributed by atoms with E-state index in [1.807, 2.05) is 12.4 Å². The van der Waals surface area contributed by atoms with E-state index < -0.39 is 0 Å². The van der Waals surface area contributed by atoms with Crippen LogP contribution >= 0.6 is 0 Å². The Bertz CT molecular complexity index is 506. The third-order valence-corrected chi connectivity index (χ3v) is 3.09. The molecule has 0 radical (unpaired) electrons. The monoisotopic (exact) mass is 240 g/mol. The minimum absolute atomic E-state index is 0.915. The van der Waals surface area contributed by atoms with Crippen LogP contribution in [0.4, 0.5) is 0 Å². The lowest BCUT2D eigenvalue weighted by Crippen LogP contribution is -2.14. The second-order valence-corrected chi connectivity index (χ2v) is 4.52. The first kappa shape index (κ1) is 12.8. The Labute approximate surface area is 109 Å². The van der Waals surface area contributed by atoms with Crippen LogP contribution in [0.5, 0.6) is 0 Å². The molecule has 2 aromatic rings. The second-order valence-electron chi connectivity index (χ2n) is 4.52. The van der Waals surface area contributed by atoms with Crippen LogP contribution in [0, 0.1) is 6.92 Å². The number of nitrogens with zero attached hydrogens (tertiary/aromatic N) is 1. The molecular formula is C16H20N2. The summed E-state index contributed by atoms with van der Waals surface area (Å²) in [6, 6.07) is 10.6. The Balaban J connectivity index is 2.30. The molecule has 94 valence electrons. The highest BCUT2D eigenvalue weighted by atomic mass is 14.8. The van der Waals surface area contributed by atoms with E-state index in [2.05, 4.69) is 54.5 Å². The molecule has 0 spiro atoms. The summed E-state index contributed by atoms with van der Waals surface area (Å²) >= 11 is 0. The third kappa shape index (κ3) is 2.96. The quantitative estimate of drug-likeness (QED) is 0.808. The van der Waals surface area contributed by atoms with Gasteiger partial charge in [-0.05, 0) is 42.6 Å². The Morgan fingerprint density at radius 3 is 2.72 bits per heavy atom. The smallest absolute Gasteiger partial charge is 0.0349 e. The van der Waals surface area contributed by atoms with E-state index in [4.69, 9.17) is 0 Å². The second kappa shape index (κ2) is 6.31. The SMILES string of the molecule is CCCNCc1ccccc1-c1cnccc1C.